The van der Waals surface area contributed by atoms with Crippen molar-refractivity contribution in [2.75, 3.05) is 26.3 Å². The molecule has 0 unspecified atom stereocenters. The summed E-state index contributed by atoms with van der Waals surface area (Å²) in [7, 11) is 0. The summed E-state index contributed by atoms with van der Waals surface area (Å²) in [6.07, 6.45) is 5.42. The van der Waals surface area contributed by atoms with Gasteiger partial charge in [0.05, 0.1) is 35.0 Å². The predicted octanol–water partition coefficient (Wildman–Crippen LogP) is 8.29. The highest BCUT2D eigenvalue weighted by Crippen LogP contribution is 2.49. The monoisotopic (exact) mass is 836 g/mol. The molecule has 0 saturated carbocycles. The van der Waals surface area contributed by atoms with Crippen LogP contribution in [0.1, 0.15) is 102 Å². The Morgan fingerprint density at radius 1 is 0.821 bits per heavy atom. The molecule has 2 N–H and O–H groups in total. The van der Waals surface area contributed by atoms with Gasteiger partial charge in [0.15, 0.2) is 0 Å². The van der Waals surface area contributed by atoms with Gasteiger partial charge < -0.3 is 24.5 Å². The van der Waals surface area contributed by atoms with E-state index in [1.807, 2.05) is 61.3 Å². The second-order valence-electron chi connectivity index (χ2n) is 16.2. The van der Waals surface area contributed by atoms with Gasteiger partial charge >= 0.3 is 0 Å². The molecule has 9 nitrogen and oxygen atoms in total. The minimum absolute atomic E-state index is 0. The number of hydrogen-bond acceptors (Lipinski definition) is 5. The zero-order chi connectivity index (χ0) is 36.7. The van der Waals surface area contributed by atoms with Crippen molar-refractivity contribution < 1.29 is 14.3 Å². The average Bonchev–Trinajstić information content (AvgIpc) is 3.95. The highest BCUT2D eigenvalue weighted by molar-refractivity contribution is 7.59. The first-order valence-electron chi connectivity index (χ1n) is 18.9. The number of rotatable bonds is 7. The van der Waals surface area contributed by atoms with Crippen LogP contribution >= 0.6 is 54.0 Å². The van der Waals surface area contributed by atoms with E-state index in [-0.39, 0.29) is 107 Å². The smallest absolute Gasteiger partial charge is 0.226 e. The zero-order valence-electron chi connectivity index (χ0n) is 33.5. The molecule has 1 spiro atoms. The quantitative estimate of drug-likeness (QED) is 0.144. The Bertz CT molecular complexity index is 2040. The maximum absolute atomic E-state index is 13.7. The van der Waals surface area contributed by atoms with Crippen molar-refractivity contribution in [2.24, 2.45) is 29.1 Å². The van der Waals surface area contributed by atoms with Crippen molar-refractivity contribution in [3.8, 4) is 23.1 Å². The summed E-state index contributed by atoms with van der Waals surface area (Å²) >= 11 is 0. The summed E-state index contributed by atoms with van der Waals surface area (Å²) in [4.78, 5) is 47.8. The van der Waals surface area contributed by atoms with Crippen molar-refractivity contribution in [3.05, 3.63) is 83.6 Å². The minimum Gasteiger partial charge on any atom is -0.381 e. The Hall–Kier alpha value is -3.28. The number of aromatic amines is 2. The number of likely N-dealkylation sites (tertiary alicyclic amines) is 2. The van der Waals surface area contributed by atoms with Gasteiger partial charge in [-0.25, -0.2) is 9.97 Å². The Balaban J connectivity index is 0.00000210. The number of carbonyl (C=O) groups excluding carboxylic acids is 2. The molecule has 0 radical (unpaired) electrons. The molecule has 0 bridgehead atoms. The Labute approximate surface area is 360 Å². The number of hydrogen-bond donors (Lipinski definition) is 2. The number of ether oxygens (including phenoxy) is 1. The molecule has 2 aromatic carbocycles. The summed E-state index contributed by atoms with van der Waals surface area (Å²) in [5.74, 6) is 9.09. The summed E-state index contributed by atoms with van der Waals surface area (Å²) in [6.45, 7) is 19.5. The fraction of sp³-hybridized carbons (Fsp3) is 0.488. The standard InChI is InChI=1S/C43H52N6O3.4H2S/c1-26(2)29(6)41(50)48-24-28(5)20-37(48)39-44-23-36(47-39)33-13-10-31(11-14-33)8-9-32-12-15-34-35(21-32)46-40(45-34)38-22-43(16-18-52-19-17-43)25-49(38)42(51)30(7)27(3)4;;;;/h10-15,21,23,26-27,29-30,37-38H,5,16-20,22,24-25H2,1-4,6-7H3,(H,44,47)(H,45,46);4*1H2/t29-,30-,37-,38-;;;;/m0..../s1. The van der Waals surface area contributed by atoms with E-state index in [2.05, 4.69) is 67.0 Å². The van der Waals surface area contributed by atoms with Gasteiger partial charge in [-0.05, 0) is 78.8 Å². The van der Waals surface area contributed by atoms with E-state index in [9.17, 15) is 9.59 Å². The van der Waals surface area contributed by atoms with Crippen LogP contribution in [0.2, 0.25) is 0 Å². The van der Waals surface area contributed by atoms with E-state index in [1.54, 1.807) is 0 Å². The van der Waals surface area contributed by atoms with Crippen LogP contribution in [0.5, 0.6) is 0 Å². The molecular formula is C43H60N6O3S4. The molecule has 56 heavy (non-hydrogen) atoms. The molecule has 3 fully saturated rings. The lowest BCUT2D eigenvalue weighted by Gasteiger charge is -2.33. The van der Waals surface area contributed by atoms with E-state index in [0.717, 1.165) is 96.1 Å². The SMILES string of the molecule is C=C1C[C@@H](c2ncc(-c3ccc(C#Cc4ccc5nc([C@@H]6CC7(CCOCC7)CN6C(=O)[C@@H](C)C(C)C)[nH]c5c4)cc3)[nH]2)N(C(=O)[C@@H](C)C(C)C)C1.S.S.S.S. The molecule has 4 aromatic rings. The number of nitrogens with one attached hydrogen (secondary N) is 2. The summed E-state index contributed by atoms with van der Waals surface area (Å²) in [5.41, 5.74) is 6.64. The van der Waals surface area contributed by atoms with Gasteiger partial charge in [-0.1, -0.05) is 77.7 Å². The van der Waals surface area contributed by atoms with Crippen molar-refractivity contribution in [1.82, 2.24) is 29.7 Å². The molecule has 4 atom stereocenters. The molecule has 2 aromatic heterocycles. The van der Waals surface area contributed by atoms with Crippen LogP contribution in [-0.4, -0.2) is 67.9 Å². The largest absolute Gasteiger partial charge is 0.381 e. The van der Waals surface area contributed by atoms with Gasteiger partial charge in [-0.3, -0.25) is 9.59 Å². The summed E-state index contributed by atoms with van der Waals surface area (Å²) < 4.78 is 5.71. The Morgan fingerprint density at radius 3 is 2.07 bits per heavy atom. The fourth-order valence-corrected chi connectivity index (χ4v) is 7.86. The normalized spacial score (nSPS) is 19.8. The molecule has 13 heteroatoms. The zero-order valence-corrected chi connectivity index (χ0v) is 37.5. The Morgan fingerprint density at radius 2 is 1.43 bits per heavy atom. The van der Waals surface area contributed by atoms with Gasteiger partial charge in [0, 0.05) is 49.3 Å². The third kappa shape index (κ3) is 9.70. The number of imidazole rings is 2. The van der Waals surface area contributed by atoms with Crippen LogP contribution < -0.4 is 0 Å². The van der Waals surface area contributed by atoms with Crippen molar-refractivity contribution in [1.29, 1.82) is 0 Å². The third-order valence-electron chi connectivity index (χ3n) is 11.9. The second kappa shape index (κ2) is 19.4. The van der Waals surface area contributed by atoms with Crippen molar-refractivity contribution in [2.45, 2.75) is 79.3 Å². The lowest BCUT2D eigenvalue weighted by Crippen LogP contribution is -2.39. The van der Waals surface area contributed by atoms with Crippen LogP contribution in [-0.2, 0) is 14.3 Å². The number of carbonyl (C=O) groups is 2. The maximum Gasteiger partial charge on any atom is 0.226 e. The fourth-order valence-electron chi connectivity index (χ4n) is 7.86. The van der Waals surface area contributed by atoms with Gasteiger partial charge in [0.1, 0.15) is 11.6 Å². The van der Waals surface area contributed by atoms with Crippen LogP contribution in [0, 0.1) is 40.9 Å². The predicted molar refractivity (Wildman–Crippen MR) is 245 cm³/mol. The van der Waals surface area contributed by atoms with Crippen molar-refractivity contribution in [3.63, 3.8) is 0 Å². The molecule has 304 valence electrons. The molecule has 3 aliphatic rings. The third-order valence-corrected chi connectivity index (χ3v) is 11.9. The lowest BCUT2D eigenvalue weighted by atomic mass is 9.78. The van der Waals surface area contributed by atoms with E-state index in [4.69, 9.17) is 14.7 Å². The molecular weight excluding hydrogens is 777 g/mol. The van der Waals surface area contributed by atoms with Crippen LogP contribution in [0.3, 0.4) is 0 Å². The number of nitrogens with zero attached hydrogens (tertiary/aromatic N) is 4. The molecule has 0 aliphatic carbocycles. The molecule has 3 saturated heterocycles. The number of fused-ring (bicyclic) bond motifs is 1. The maximum atomic E-state index is 13.7. The van der Waals surface area contributed by atoms with Gasteiger partial charge in [-0.2, -0.15) is 54.0 Å². The van der Waals surface area contributed by atoms with E-state index >= 15 is 0 Å². The first-order chi connectivity index (χ1) is 24.9. The summed E-state index contributed by atoms with van der Waals surface area (Å²) in [6, 6.07) is 14.0. The highest BCUT2D eigenvalue weighted by atomic mass is 32.1. The molecule has 2 amide bonds. The molecule has 5 heterocycles. The van der Waals surface area contributed by atoms with Crippen LogP contribution in [0.15, 0.2) is 60.8 Å². The van der Waals surface area contributed by atoms with E-state index in [0.29, 0.717) is 6.54 Å². The average molecular weight is 837 g/mol. The van der Waals surface area contributed by atoms with E-state index < -0.39 is 0 Å². The van der Waals surface area contributed by atoms with Crippen LogP contribution in [0.4, 0.5) is 0 Å². The number of H-pyrrole nitrogens is 2. The van der Waals surface area contributed by atoms with Gasteiger partial charge in [0.25, 0.3) is 0 Å². The van der Waals surface area contributed by atoms with Gasteiger partial charge in [0.2, 0.25) is 11.8 Å². The number of benzene rings is 2. The number of aromatic nitrogens is 4. The topological polar surface area (TPSA) is 107 Å². The minimum atomic E-state index is -0.125. The number of amides is 2. The van der Waals surface area contributed by atoms with Crippen LogP contribution in [0.25, 0.3) is 22.3 Å². The first-order valence-corrected chi connectivity index (χ1v) is 18.9. The second-order valence-corrected chi connectivity index (χ2v) is 16.2. The van der Waals surface area contributed by atoms with Crippen molar-refractivity contribution >= 4 is 76.8 Å². The molecule has 7 rings (SSSR count). The van der Waals surface area contributed by atoms with Gasteiger partial charge in [-0.15, -0.1) is 0 Å². The van der Waals surface area contributed by atoms with E-state index in [1.165, 1.54) is 0 Å². The summed E-state index contributed by atoms with van der Waals surface area (Å²) in [5, 5.41) is 0. The highest BCUT2D eigenvalue weighted by Gasteiger charge is 2.49. The lowest BCUT2D eigenvalue weighted by molar-refractivity contribution is -0.138. The molecule has 3 aliphatic heterocycles. The Kier molecular flexibility index (Phi) is 16.4. The first kappa shape index (κ1) is 47.1.